The zero-order valence-corrected chi connectivity index (χ0v) is 13.1. The van der Waals surface area contributed by atoms with Gasteiger partial charge in [0.2, 0.25) is 0 Å². The Hall–Kier alpha value is -0.840. The van der Waals surface area contributed by atoms with Gasteiger partial charge in [-0.2, -0.15) is 0 Å². The number of nitrogens with one attached hydrogen (secondary N) is 6. The van der Waals surface area contributed by atoms with Crippen LogP contribution in [0.2, 0.25) is 0 Å². The smallest absolute Gasteiger partial charge is 0.258 e. The maximum Gasteiger partial charge on any atom is 0.258 e. The molecule has 2 aliphatic heterocycles. The molecular weight excluding hydrogens is 286 g/mol. The highest BCUT2D eigenvalue weighted by molar-refractivity contribution is 4.88. The highest BCUT2D eigenvalue weighted by Crippen LogP contribution is 2.07. The van der Waals surface area contributed by atoms with Crippen molar-refractivity contribution in [2.24, 2.45) is 0 Å². The first-order valence-corrected chi connectivity index (χ1v) is 8.14. The third-order valence-electron chi connectivity index (χ3n) is 4.22. The molecule has 0 saturated carbocycles. The van der Waals surface area contributed by atoms with Gasteiger partial charge >= 0.3 is 0 Å². The van der Waals surface area contributed by atoms with Gasteiger partial charge in [-0.05, 0) is 0 Å². The fourth-order valence-electron chi connectivity index (χ4n) is 2.83. The zero-order chi connectivity index (χ0) is 15.7. The van der Waals surface area contributed by atoms with Gasteiger partial charge in [0, 0.05) is 63.3 Å². The molecule has 0 unspecified atom stereocenters. The summed E-state index contributed by atoms with van der Waals surface area (Å²) < 4.78 is 0. The summed E-state index contributed by atoms with van der Waals surface area (Å²) >= 11 is 0. The van der Waals surface area contributed by atoms with Crippen LogP contribution in [0.3, 0.4) is 0 Å². The lowest BCUT2D eigenvalue weighted by molar-refractivity contribution is -0.563. The molecule has 0 atom stereocenters. The summed E-state index contributed by atoms with van der Waals surface area (Å²) in [5.74, 6) is 0. The summed E-state index contributed by atoms with van der Waals surface area (Å²) in [4.78, 5) is 11.5. The Balaban J connectivity index is 2.09. The molecule has 2 bridgehead atoms. The van der Waals surface area contributed by atoms with E-state index in [9.17, 15) is 10.1 Å². The number of nitro groups is 1. The molecule has 22 heavy (non-hydrogen) atoms. The normalized spacial score (nSPS) is 33.2. The summed E-state index contributed by atoms with van der Waals surface area (Å²) in [6.45, 7) is 7.51. The van der Waals surface area contributed by atoms with Gasteiger partial charge in [0.25, 0.3) is 5.54 Å². The second-order valence-electron chi connectivity index (χ2n) is 6.07. The highest BCUT2D eigenvalue weighted by atomic mass is 16.6. The van der Waals surface area contributed by atoms with Crippen LogP contribution in [0.1, 0.15) is 0 Å². The minimum absolute atomic E-state index is 0.142. The SMILES string of the molecule is O=[N+]([O-])C12CNCCNCC(CNCCNC1)NCCNC2. The fourth-order valence-corrected chi connectivity index (χ4v) is 2.83. The number of fused-ring (bicyclic) bond motifs is 6. The third-order valence-corrected chi connectivity index (χ3v) is 4.22. The molecule has 9 heteroatoms. The van der Waals surface area contributed by atoms with E-state index in [1.807, 2.05) is 0 Å². The first-order valence-electron chi connectivity index (χ1n) is 8.14. The molecular formula is C13H29N7O2. The van der Waals surface area contributed by atoms with Crippen LogP contribution in [0.5, 0.6) is 0 Å². The lowest BCUT2D eigenvalue weighted by Gasteiger charge is -2.26. The van der Waals surface area contributed by atoms with Crippen LogP contribution in [0, 0.1) is 10.1 Å². The summed E-state index contributed by atoms with van der Waals surface area (Å²) in [6.07, 6.45) is 0. The predicted molar refractivity (Wildman–Crippen MR) is 85.9 cm³/mol. The van der Waals surface area contributed by atoms with E-state index in [0.717, 1.165) is 52.4 Å². The Bertz CT molecular complexity index is 326. The second-order valence-corrected chi connectivity index (χ2v) is 6.07. The van der Waals surface area contributed by atoms with Crippen molar-refractivity contribution >= 4 is 0 Å². The Morgan fingerprint density at radius 1 is 0.773 bits per heavy atom. The zero-order valence-electron chi connectivity index (χ0n) is 13.1. The maximum absolute atomic E-state index is 11.7. The molecule has 2 aliphatic rings. The van der Waals surface area contributed by atoms with E-state index in [1.54, 1.807) is 0 Å². The first kappa shape index (κ1) is 17.5. The van der Waals surface area contributed by atoms with Gasteiger partial charge < -0.3 is 31.9 Å². The van der Waals surface area contributed by atoms with Crippen LogP contribution in [0.15, 0.2) is 0 Å². The van der Waals surface area contributed by atoms with Crippen LogP contribution in [0.25, 0.3) is 0 Å². The Morgan fingerprint density at radius 2 is 1.23 bits per heavy atom. The van der Waals surface area contributed by atoms with Crippen molar-refractivity contribution in [3.05, 3.63) is 10.1 Å². The minimum Gasteiger partial charge on any atom is -0.314 e. The Labute approximate surface area is 131 Å². The summed E-state index contributed by atoms with van der Waals surface area (Å²) in [5, 5.41) is 31.7. The van der Waals surface area contributed by atoms with E-state index in [4.69, 9.17) is 0 Å². The van der Waals surface area contributed by atoms with E-state index in [0.29, 0.717) is 25.7 Å². The van der Waals surface area contributed by atoms with Crippen molar-refractivity contribution in [2.45, 2.75) is 11.6 Å². The topological polar surface area (TPSA) is 115 Å². The van der Waals surface area contributed by atoms with Crippen LogP contribution >= 0.6 is 0 Å². The van der Waals surface area contributed by atoms with Gasteiger partial charge in [-0.15, -0.1) is 0 Å². The quantitative estimate of drug-likeness (QED) is 0.223. The Kier molecular flexibility index (Phi) is 7.43. The van der Waals surface area contributed by atoms with Crippen LogP contribution < -0.4 is 31.9 Å². The van der Waals surface area contributed by atoms with Crippen LogP contribution in [-0.2, 0) is 0 Å². The number of hydrogen-bond acceptors (Lipinski definition) is 8. The summed E-state index contributed by atoms with van der Waals surface area (Å²) in [5.41, 5.74) is -1.01. The van der Waals surface area contributed by atoms with Crippen LogP contribution in [0.4, 0.5) is 0 Å². The van der Waals surface area contributed by atoms with E-state index in [2.05, 4.69) is 31.9 Å². The van der Waals surface area contributed by atoms with E-state index in [1.165, 1.54) is 0 Å². The van der Waals surface area contributed by atoms with E-state index in [-0.39, 0.29) is 4.92 Å². The molecule has 2 saturated heterocycles. The van der Waals surface area contributed by atoms with Crippen molar-refractivity contribution < 1.29 is 4.92 Å². The van der Waals surface area contributed by atoms with Crippen molar-refractivity contribution in [1.29, 1.82) is 0 Å². The average Bonchev–Trinajstić information content (AvgIpc) is 2.53. The fraction of sp³-hybridized carbons (Fsp3) is 1.00. The number of nitrogens with zero attached hydrogens (tertiary/aromatic N) is 1. The minimum atomic E-state index is -1.01. The number of hydrogen-bond donors (Lipinski definition) is 6. The molecule has 0 aromatic rings. The Morgan fingerprint density at radius 3 is 1.73 bits per heavy atom. The molecule has 128 valence electrons. The van der Waals surface area contributed by atoms with E-state index >= 15 is 0 Å². The van der Waals surface area contributed by atoms with Gasteiger partial charge in [-0.25, -0.2) is 0 Å². The molecule has 0 spiro atoms. The second kappa shape index (κ2) is 9.33. The molecule has 9 nitrogen and oxygen atoms in total. The number of rotatable bonds is 1. The molecule has 0 aromatic carbocycles. The molecule has 0 radical (unpaired) electrons. The van der Waals surface area contributed by atoms with Gasteiger partial charge in [0.1, 0.15) is 0 Å². The molecule has 6 N–H and O–H groups in total. The van der Waals surface area contributed by atoms with Gasteiger partial charge in [-0.3, -0.25) is 10.1 Å². The summed E-state index contributed by atoms with van der Waals surface area (Å²) in [7, 11) is 0. The molecule has 2 rings (SSSR count). The highest BCUT2D eigenvalue weighted by Gasteiger charge is 2.41. The molecule has 0 aliphatic carbocycles. The monoisotopic (exact) mass is 315 g/mol. The third kappa shape index (κ3) is 5.41. The van der Waals surface area contributed by atoms with Gasteiger partial charge in [0.15, 0.2) is 0 Å². The van der Waals surface area contributed by atoms with Gasteiger partial charge in [0.05, 0.1) is 19.6 Å². The van der Waals surface area contributed by atoms with E-state index < -0.39 is 5.54 Å². The lowest BCUT2D eigenvalue weighted by Crippen LogP contribution is -2.60. The van der Waals surface area contributed by atoms with Crippen molar-refractivity contribution in [2.75, 3.05) is 72.0 Å². The maximum atomic E-state index is 11.7. The average molecular weight is 315 g/mol. The van der Waals surface area contributed by atoms with Crippen molar-refractivity contribution in [3.63, 3.8) is 0 Å². The molecule has 2 fully saturated rings. The van der Waals surface area contributed by atoms with Crippen LogP contribution in [-0.4, -0.2) is 88.5 Å². The predicted octanol–water partition coefficient (Wildman–Crippen LogP) is -3.06. The standard InChI is InChI=1S/C13H29N7O2/c21-20(22)13-9-16-3-1-14-7-12(19-6-5-18-11-13)8-15-2-4-17-10-13/h12,14-19H,1-11H2. The van der Waals surface area contributed by atoms with Gasteiger partial charge in [-0.1, -0.05) is 0 Å². The lowest BCUT2D eigenvalue weighted by atomic mass is 10.00. The van der Waals surface area contributed by atoms with Crippen molar-refractivity contribution in [1.82, 2.24) is 31.9 Å². The molecule has 0 aromatic heterocycles. The molecule has 2 heterocycles. The molecule has 0 amide bonds. The largest absolute Gasteiger partial charge is 0.314 e. The van der Waals surface area contributed by atoms with Crippen molar-refractivity contribution in [3.8, 4) is 0 Å². The summed E-state index contributed by atoms with van der Waals surface area (Å²) in [6, 6.07) is 0.364. The first-order chi connectivity index (χ1) is 10.7.